The third-order valence-corrected chi connectivity index (χ3v) is 8.19. The molecule has 1 N–H and O–H groups in total. The van der Waals surface area contributed by atoms with Crippen LogP contribution in [0.15, 0.2) is 47.3 Å². The molecule has 0 aliphatic carbocycles. The number of carbonyl (C=O) groups is 2. The van der Waals surface area contributed by atoms with E-state index >= 15 is 0 Å². The molecule has 3 aromatic heterocycles. The minimum atomic E-state index is -0.587. The molecule has 2 atom stereocenters. The van der Waals surface area contributed by atoms with Crippen LogP contribution in [0.1, 0.15) is 91.0 Å². The van der Waals surface area contributed by atoms with E-state index < -0.39 is 11.2 Å². The Morgan fingerprint density at radius 3 is 2.22 bits per heavy atom. The minimum absolute atomic E-state index is 0.166. The van der Waals surface area contributed by atoms with E-state index in [9.17, 15) is 9.59 Å². The second-order valence-electron chi connectivity index (χ2n) is 13.8. The molecule has 0 spiro atoms. The first kappa shape index (κ1) is 31.7. The normalized spacial score (nSPS) is 18.8. The van der Waals surface area contributed by atoms with Gasteiger partial charge in [0.2, 0.25) is 5.89 Å². The number of likely N-dealkylation sites (tertiary alicyclic amines) is 2. The van der Waals surface area contributed by atoms with Gasteiger partial charge in [-0.1, -0.05) is 31.0 Å². The van der Waals surface area contributed by atoms with Crippen LogP contribution in [0.2, 0.25) is 0 Å². The van der Waals surface area contributed by atoms with Crippen molar-refractivity contribution >= 4 is 25.0 Å². The lowest BCUT2D eigenvalue weighted by Gasteiger charge is -2.28. The van der Waals surface area contributed by atoms with Crippen molar-refractivity contribution in [3.63, 3.8) is 0 Å². The maximum absolute atomic E-state index is 12.9. The summed E-state index contributed by atoms with van der Waals surface area (Å²) in [7, 11) is 0. The van der Waals surface area contributed by atoms with Gasteiger partial charge in [0.05, 0.1) is 30.2 Å². The van der Waals surface area contributed by atoms with Crippen LogP contribution in [-0.2, 0) is 9.47 Å². The lowest BCUT2D eigenvalue weighted by molar-refractivity contribution is 0.0208. The van der Waals surface area contributed by atoms with Gasteiger partial charge >= 0.3 is 12.2 Å². The number of H-pyrrole nitrogens is 1. The van der Waals surface area contributed by atoms with Crippen LogP contribution in [0.4, 0.5) is 9.59 Å². The molecule has 0 radical (unpaired) electrons. The Bertz CT molecular complexity index is 1730. The van der Waals surface area contributed by atoms with Crippen molar-refractivity contribution in [3.05, 3.63) is 54.5 Å². The number of nitrogens with one attached hydrogen (secondary N) is 1. The van der Waals surface area contributed by atoms with Crippen LogP contribution >= 0.6 is 12.8 Å². The van der Waals surface area contributed by atoms with Crippen LogP contribution in [0.25, 0.3) is 34.2 Å². The fourth-order valence-corrected chi connectivity index (χ4v) is 6.19. The summed E-state index contributed by atoms with van der Waals surface area (Å²) in [4.78, 5) is 46.5. The maximum atomic E-state index is 12.9. The Balaban J connectivity index is 1.18. The predicted molar refractivity (Wildman–Crippen MR) is 175 cm³/mol. The molecule has 2 aliphatic heterocycles. The van der Waals surface area contributed by atoms with Gasteiger partial charge in [-0.2, -0.15) is 0 Å². The first-order valence-electron chi connectivity index (χ1n) is 15.7. The third-order valence-electron chi connectivity index (χ3n) is 7.87. The maximum Gasteiger partial charge on any atom is 0.410 e. The Hall–Kier alpha value is -4.26. The average molecular weight is 648 g/mol. The predicted octanol–water partition coefficient (Wildman–Crippen LogP) is 7.43. The monoisotopic (exact) mass is 647 g/mol. The van der Waals surface area contributed by atoms with Crippen molar-refractivity contribution in [1.82, 2.24) is 33.7 Å². The van der Waals surface area contributed by atoms with Gasteiger partial charge in [0.1, 0.15) is 28.5 Å². The number of carbonyl (C=O) groups excluding carboxylic acids is 2. The van der Waals surface area contributed by atoms with Crippen molar-refractivity contribution in [2.45, 2.75) is 90.5 Å². The van der Waals surface area contributed by atoms with Crippen LogP contribution in [-0.4, -0.2) is 70.2 Å². The highest BCUT2D eigenvalue weighted by Crippen LogP contribution is 2.36. The number of hydrogen-bond acceptors (Lipinski definition) is 9. The van der Waals surface area contributed by atoms with Crippen molar-refractivity contribution < 1.29 is 23.5 Å². The van der Waals surface area contributed by atoms with E-state index in [1.165, 1.54) is 0 Å². The lowest BCUT2D eigenvalue weighted by atomic mass is 10.1. The summed E-state index contributed by atoms with van der Waals surface area (Å²) < 4.78 is 19.0. The van der Waals surface area contributed by atoms with Crippen LogP contribution in [0, 0.1) is 0 Å². The average Bonchev–Trinajstić information content (AvgIpc) is 3.80. The fourth-order valence-electron chi connectivity index (χ4n) is 5.90. The smallest absolute Gasteiger partial charge is 0.410 e. The third kappa shape index (κ3) is 6.79. The zero-order valence-electron chi connectivity index (χ0n) is 27.1. The molecule has 46 heavy (non-hydrogen) atoms. The molecule has 5 heterocycles. The molecule has 2 fully saturated rings. The number of amides is 2. The van der Waals surface area contributed by atoms with E-state index in [0.717, 1.165) is 48.3 Å². The van der Waals surface area contributed by atoms with Crippen molar-refractivity contribution in [2.24, 2.45) is 0 Å². The second-order valence-corrected chi connectivity index (χ2v) is 14.2. The highest BCUT2D eigenvalue weighted by molar-refractivity contribution is 7.78. The number of aromatic nitrogens is 5. The van der Waals surface area contributed by atoms with Crippen LogP contribution in [0.3, 0.4) is 0 Å². The largest absolute Gasteiger partial charge is 0.444 e. The Labute approximate surface area is 274 Å². The molecule has 1 aromatic carbocycles. The summed E-state index contributed by atoms with van der Waals surface area (Å²) in [5, 5.41) is 0. The number of nitrogens with zero attached hydrogens (tertiary/aromatic N) is 6. The van der Waals surface area contributed by atoms with E-state index in [0.29, 0.717) is 36.3 Å². The van der Waals surface area contributed by atoms with Gasteiger partial charge in [-0.05, 0) is 73.3 Å². The molecule has 4 aromatic rings. The van der Waals surface area contributed by atoms with Gasteiger partial charge in [-0.25, -0.2) is 24.5 Å². The van der Waals surface area contributed by atoms with Gasteiger partial charge < -0.3 is 18.9 Å². The van der Waals surface area contributed by atoms with Gasteiger partial charge in [0.25, 0.3) is 0 Å². The summed E-state index contributed by atoms with van der Waals surface area (Å²) in [6.45, 7) is 12.4. The number of ether oxygens (including phenoxy) is 2. The highest BCUT2D eigenvalue weighted by atomic mass is 32.1. The topological polar surface area (TPSA) is 132 Å². The van der Waals surface area contributed by atoms with Gasteiger partial charge in [0.15, 0.2) is 5.76 Å². The zero-order chi connectivity index (χ0) is 32.8. The molecule has 0 saturated carbocycles. The van der Waals surface area contributed by atoms with Crippen molar-refractivity contribution in [3.8, 4) is 34.2 Å². The number of thiol groups is 1. The SMILES string of the molecule is CC(C)(C)OC(=O)N1CCC[C@H]1c1ncc(-c2cccc(-c3cnc(-c4cn(S)c([C@@H]5CCCN5C(=O)OC(C)(C)C)n4)o3)c2)[nH]1. The standard InChI is InChI=1S/C33H41N7O5S/c1-32(2,3)44-30(41)38-14-8-12-24(38)27-34-17-22(36-27)20-10-7-11-21(16-20)26-18-35-29(43-26)23-19-40(46)28(37-23)25-13-9-15-39(25)31(42)45-33(4,5)6/h7,10-11,16-19,24-25,46H,8-9,12-15H2,1-6H3,(H,34,36)/t24-,25-/m0/s1. The molecule has 2 amide bonds. The lowest BCUT2D eigenvalue weighted by Crippen LogP contribution is -2.36. The summed E-state index contributed by atoms with van der Waals surface area (Å²) >= 11 is 4.61. The number of aromatic amines is 1. The molecule has 2 saturated heterocycles. The van der Waals surface area contributed by atoms with Gasteiger partial charge in [-0.15, -0.1) is 0 Å². The number of imidazole rings is 2. The molecule has 244 valence electrons. The van der Waals surface area contributed by atoms with Crippen molar-refractivity contribution in [1.29, 1.82) is 0 Å². The highest BCUT2D eigenvalue weighted by Gasteiger charge is 2.37. The zero-order valence-corrected chi connectivity index (χ0v) is 28.0. The van der Waals surface area contributed by atoms with E-state index in [1.807, 2.05) is 65.8 Å². The second kappa shape index (κ2) is 12.2. The Kier molecular flexibility index (Phi) is 8.38. The Morgan fingerprint density at radius 2 is 1.54 bits per heavy atom. The number of benzene rings is 1. The molecule has 2 aliphatic rings. The number of hydrogen-bond donors (Lipinski definition) is 2. The van der Waals surface area contributed by atoms with Gasteiger partial charge in [0, 0.05) is 30.4 Å². The first-order valence-corrected chi connectivity index (χ1v) is 16.1. The number of rotatable bonds is 5. The molecule has 0 bridgehead atoms. The molecular formula is C33H41N7O5S. The molecule has 12 nitrogen and oxygen atoms in total. The molecule has 0 unspecified atom stereocenters. The van der Waals surface area contributed by atoms with Crippen LogP contribution in [0.5, 0.6) is 0 Å². The van der Waals surface area contributed by atoms with E-state index in [2.05, 4.69) is 27.8 Å². The molecular weight excluding hydrogens is 606 g/mol. The summed E-state index contributed by atoms with van der Waals surface area (Å²) in [6.07, 6.45) is 7.82. The Morgan fingerprint density at radius 1 is 0.913 bits per heavy atom. The van der Waals surface area contributed by atoms with E-state index in [4.69, 9.17) is 18.9 Å². The van der Waals surface area contributed by atoms with Gasteiger partial charge in [-0.3, -0.25) is 13.8 Å². The minimum Gasteiger partial charge on any atom is -0.444 e. The molecule has 13 heteroatoms. The molecule has 6 rings (SSSR count). The van der Waals surface area contributed by atoms with E-state index in [1.54, 1.807) is 32.4 Å². The summed E-state index contributed by atoms with van der Waals surface area (Å²) in [5.41, 5.74) is 1.96. The summed E-state index contributed by atoms with van der Waals surface area (Å²) in [6, 6.07) is 7.47. The van der Waals surface area contributed by atoms with Crippen LogP contribution < -0.4 is 0 Å². The van der Waals surface area contributed by atoms with E-state index in [-0.39, 0.29) is 24.3 Å². The quantitative estimate of drug-likeness (QED) is 0.214. The first-order chi connectivity index (χ1) is 21.8. The van der Waals surface area contributed by atoms with Crippen molar-refractivity contribution in [2.75, 3.05) is 13.1 Å². The fraction of sp³-hybridized carbons (Fsp3) is 0.485. The summed E-state index contributed by atoms with van der Waals surface area (Å²) in [5.74, 6) is 2.29. The number of oxazole rings is 1.